The highest BCUT2D eigenvalue weighted by Crippen LogP contribution is 2.12. The summed E-state index contributed by atoms with van der Waals surface area (Å²) in [5, 5.41) is 3.27. The molecule has 0 aliphatic carbocycles. The lowest BCUT2D eigenvalue weighted by Gasteiger charge is -2.14. The zero-order chi connectivity index (χ0) is 15.7. The first-order valence-electron chi connectivity index (χ1n) is 7.43. The van der Waals surface area contributed by atoms with Crippen LogP contribution < -0.4 is 16.2 Å². The lowest BCUT2D eigenvalue weighted by atomic mass is 10.3. The molecule has 114 valence electrons. The normalized spacial score (nSPS) is 10.9. The van der Waals surface area contributed by atoms with E-state index in [0.717, 1.165) is 17.1 Å². The highest BCUT2D eigenvalue weighted by atomic mass is 15.4. The molecule has 0 heterocycles. The van der Waals surface area contributed by atoms with Crippen molar-refractivity contribution in [3.05, 3.63) is 91.0 Å². The Morgan fingerprint density at radius 3 is 1.74 bits per heavy atom. The number of anilines is 2. The van der Waals surface area contributed by atoms with Crippen LogP contribution in [0.4, 0.5) is 17.1 Å². The third kappa shape index (κ3) is 4.61. The number of hydrogen-bond donors (Lipinski definition) is 3. The van der Waals surface area contributed by atoms with Gasteiger partial charge >= 0.3 is 0 Å². The summed E-state index contributed by atoms with van der Waals surface area (Å²) in [6.07, 6.45) is 0. The summed E-state index contributed by atoms with van der Waals surface area (Å²) in [6.45, 7) is 0. The van der Waals surface area contributed by atoms with Crippen molar-refractivity contribution in [2.45, 2.75) is 0 Å². The van der Waals surface area contributed by atoms with E-state index in [4.69, 9.17) is 0 Å². The molecule has 0 aromatic heterocycles. The highest BCUT2D eigenvalue weighted by Gasteiger charge is 2.00. The standard InChI is InChI=1S/C19H18N4/c1-4-10-16(11-5-1)20-19(21-17-12-6-2-7-13-17)23-22-18-14-8-3-9-15-18/h1-15,22H,(H2,20,21,23). The third-order valence-corrected chi connectivity index (χ3v) is 3.13. The summed E-state index contributed by atoms with van der Waals surface area (Å²) in [6, 6.07) is 29.6. The summed E-state index contributed by atoms with van der Waals surface area (Å²) in [4.78, 5) is 4.60. The molecule has 4 nitrogen and oxygen atoms in total. The third-order valence-electron chi connectivity index (χ3n) is 3.13. The first-order valence-corrected chi connectivity index (χ1v) is 7.43. The van der Waals surface area contributed by atoms with Crippen molar-refractivity contribution < 1.29 is 0 Å². The molecule has 3 rings (SSSR count). The van der Waals surface area contributed by atoms with E-state index in [-0.39, 0.29) is 0 Å². The average Bonchev–Trinajstić information content (AvgIpc) is 2.62. The van der Waals surface area contributed by atoms with Crippen molar-refractivity contribution in [3.8, 4) is 0 Å². The molecule has 23 heavy (non-hydrogen) atoms. The smallest absolute Gasteiger partial charge is 0.220 e. The van der Waals surface area contributed by atoms with Crippen molar-refractivity contribution in [1.29, 1.82) is 0 Å². The number of guanidine groups is 1. The Morgan fingerprint density at radius 1 is 0.609 bits per heavy atom. The minimum atomic E-state index is 0.617. The second kappa shape index (κ2) is 7.66. The summed E-state index contributed by atoms with van der Waals surface area (Å²) in [5.41, 5.74) is 9.06. The monoisotopic (exact) mass is 302 g/mol. The quantitative estimate of drug-likeness (QED) is 0.380. The molecule has 0 amide bonds. The largest absolute Gasteiger partial charge is 0.325 e. The van der Waals surface area contributed by atoms with Crippen LogP contribution in [0.3, 0.4) is 0 Å². The zero-order valence-electron chi connectivity index (χ0n) is 12.6. The molecule has 0 bridgehead atoms. The van der Waals surface area contributed by atoms with E-state index < -0.39 is 0 Å². The molecule has 3 N–H and O–H groups in total. The lowest BCUT2D eigenvalue weighted by Crippen LogP contribution is -2.35. The van der Waals surface area contributed by atoms with Gasteiger partial charge in [0.25, 0.3) is 0 Å². The Labute approximate surface area is 135 Å². The second-order valence-electron chi connectivity index (χ2n) is 4.90. The SMILES string of the molecule is c1ccc(/N=C(\NNc2ccccc2)Nc2ccccc2)cc1. The van der Waals surface area contributed by atoms with Crippen LogP contribution >= 0.6 is 0 Å². The van der Waals surface area contributed by atoms with Gasteiger partial charge in [0.15, 0.2) is 0 Å². The van der Waals surface area contributed by atoms with E-state index in [9.17, 15) is 0 Å². The maximum atomic E-state index is 4.60. The Kier molecular flexibility index (Phi) is 4.88. The van der Waals surface area contributed by atoms with Crippen molar-refractivity contribution >= 4 is 23.0 Å². The van der Waals surface area contributed by atoms with Crippen molar-refractivity contribution in [3.63, 3.8) is 0 Å². The van der Waals surface area contributed by atoms with Crippen molar-refractivity contribution in [2.75, 3.05) is 10.7 Å². The van der Waals surface area contributed by atoms with Gasteiger partial charge in [-0.1, -0.05) is 54.6 Å². The predicted octanol–water partition coefficient (Wildman–Crippen LogP) is 4.40. The number of hydrogen-bond acceptors (Lipinski definition) is 2. The fraction of sp³-hybridized carbons (Fsp3) is 0. The molecular weight excluding hydrogens is 284 g/mol. The van der Waals surface area contributed by atoms with E-state index >= 15 is 0 Å². The van der Waals surface area contributed by atoms with Gasteiger partial charge in [0.1, 0.15) is 0 Å². The number of aliphatic imine (C=N–C) groups is 1. The number of para-hydroxylation sites is 3. The first-order chi connectivity index (χ1) is 11.4. The van der Waals surface area contributed by atoms with Gasteiger partial charge < -0.3 is 5.32 Å². The van der Waals surface area contributed by atoms with Crippen LogP contribution in [-0.4, -0.2) is 5.96 Å². The molecule has 3 aromatic carbocycles. The Balaban J connectivity index is 1.77. The highest BCUT2D eigenvalue weighted by molar-refractivity contribution is 5.95. The molecular formula is C19H18N4. The number of hydrazine groups is 1. The van der Waals surface area contributed by atoms with Gasteiger partial charge in [0.2, 0.25) is 5.96 Å². The van der Waals surface area contributed by atoms with E-state index in [1.54, 1.807) is 0 Å². The minimum absolute atomic E-state index is 0.617. The number of rotatable bonds is 4. The summed E-state index contributed by atoms with van der Waals surface area (Å²) in [5.74, 6) is 0.617. The van der Waals surface area contributed by atoms with E-state index in [1.807, 2.05) is 91.0 Å². The summed E-state index contributed by atoms with van der Waals surface area (Å²) < 4.78 is 0. The molecule has 4 heteroatoms. The van der Waals surface area contributed by atoms with Crippen molar-refractivity contribution in [2.24, 2.45) is 4.99 Å². The zero-order valence-corrected chi connectivity index (χ0v) is 12.6. The van der Waals surface area contributed by atoms with Crippen LogP contribution in [0.2, 0.25) is 0 Å². The number of nitrogens with zero attached hydrogens (tertiary/aromatic N) is 1. The maximum absolute atomic E-state index is 4.60. The van der Waals surface area contributed by atoms with E-state index in [0.29, 0.717) is 5.96 Å². The van der Waals surface area contributed by atoms with Crippen LogP contribution in [0, 0.1) is 0 Å². The molecule has 0 saturated carbocycles. The summed E-state index contributed by atoms with van der Waals surface area (Å²) >= 11 is 0. The molecule has 3 aromatic rings. The minimum Gasteiger partial charge on any atom is -0.325 e. The van der Waals surface area contributed by atoms with Gasteiger partial charge in [-0.3, -0.25) is 10.9 Å². The molecule has 0 fully saturated rings. The average molecular weight is 302 g/mol. The Morgan fingerprint density at radius 2 is 1.13 bits per heavy atom. The van der Waals surface area contributed by atoms with Crippen LogP contribution in [0.15, 0.2) is 96.0 Å². The van der Waals surface area contributed by atoms with Gasteiger partial charge in [-0.25, -0.2) is 4.99 Å². The molecule has 0 saturated heterocycles. The Hall–Kier alpha value is -3.27. The van der Waals surface area contributed by atoms with Gasteiger partial charge in [0.05, 0.1) is 11.4 Å². The van der Waals surface area contributed by atoms with Gasteiger partial charge in [-0.05, 0) is 36.4 Å². The van der Waals surface area contributed by atoms with Crippen LogP contribution in [0.5, 0.6) is 0 Å². The number of nitrogens with one attached hydrogen (secondary N) is 3. The van der Waals surface area contributed by atoms with Crippen LogP contribution in [0.25, 0.3) is 0 Å². The van der Waals surface area contributed by atoms with Crippen LogP contribution in [0.1, 0.15) is 0 Å². The van der Waals surface area contributed by atoms with E-state index in [2.05, 4.69) is 21.2 Å². The second-order valence-corrected chi connectivity index (χ2v) is 4.90. The fourth-order valence-corrected chi connectivity index (χ4v) is 2.03. The predicted molar refractivity (Wildman–Crippen MR) is 96.8 cm³/mol. The van der Waals surface area contributed by atoms with Gasteiger partial charge in [-0.2, -0.15) is 0 Å². The maximum Gasteiger partial charge on any atom is 0.220 e. The first kappa shape index (κ1) is 14.7. The lowest BCUT2D eigenvalue weighted by molar-refractivity contribution is 1.11. The molecule has 0 aliphatic heterocycles. The number of benzene rings is 3. The molecule has 0 atom stereocenters. The van der Waals surface area contributed by atoms with E-state index in [1.165, 1.54) is 0 Å². The molecule has 0 spiro atoms. The molecule has 0 unspecified atom stereocenters. The molecule has 0 radical (unpaired) electrons. The molecule has 0 aliphatic rings. The van der Waals surface area contributed by atoms with Gasteiger partial charge in [0, 0.05) is 5.69 Å². The Bertz CT molecular complexity index is 740. The topological polar surface area (TPSA) is 48.5 Å². The van der Waals surface area contributed by atoms with Crippen molar-refractivity contribution in [1.82, 2.24) is 5.43 Å². The van der Waals surface area contributed by atoms with Crippen LogP contribution in [-0.2, 0) is 0 Å². The van der Waals surface area contributed by atoms with Gasteiger partial charge in [-0.15, -0.1) is 0 Å². The summed E-state index contributed by atoms with van der Waals surface area (Å²) in [7, 11) is 0. The fourth-order valence-electron chi connectivity index (χ4n) is 2.03.